The first-order valence-corrected chi connectivity index (χ1v) is 6.14. The maximum absolute atomic E-state index is 11.7. The Kier molecular flexibility index (Phi) is 5.69. The minimum absolute atomic E-state index is 0.0539. The highest BCUT2D eigenvalue weighted by Gasteiger charge is 2.14. The van der Waals surface area contributed by atoms with Crippen molar-refractivity contribution >= 4 is 5.91 Å². The fourth-order valence-electron chi connectivity index (χ4n) is 1.73. The van der Waals surface area contributed by atoms with Gasteiger partial charge >= 0.3 is 0 Å². The molecule has 96 valence electrons. The van der Waals surface area contributed by atoms with Crippen molar-refractivity contribution in [1.29, 1.82) is 0 Å². The Labute approximate surface area is 102 Å². The van der Waals surface area contributed by atoms with E-state index in [1.807, 2.05) is 24.0 Å². The molecule has 0 saturated carbocycles. The van der Waals surface area contributed by atoms with Gasteiger partial charge in [-0.05, 0) is 18.9 Å². The number of hydrogen-bond acceptors (Lipinski definition) is 3. The number of rotatable bonds is 7. The van der Waals surface area contributed by atoms with Crippen LogP contribution in [0.1, 0.15) is 25.3 Å². The smallest absolute Gasteiger partial charge is 0.224 e. The SMILES string of the molecule is CCCC(CN)C(=O)NCCn1cc(C)cn1. The maximum atomic E-state index is 11.7. The molecule has 5 heteroatoms. The summed E-state index contributed by atoms with van der Waals surface area (Å²) in [6.45, 7) is 5.76. The largest absolute Gasteiger partial charge is 0.354 e. The fraction of sp³-hybridized carbons (Fsp3) is 0.667. The van der Waals surface area contributed by atoms with Gasteiger partial charge < -0.3 is 11.1 Å². The van der Waals surface area contributed by atoms with Crippen molar-refractivity contribution < 1.29 is 4.79 Å². The number of carbonyl (C=O) groups excluding carboxylic acids is 1. The van der Waals surface area contributed by atoms with Crippen molar-refractivity contribution in [3.8, 4) is 0 Å². The van der Waals surface area contributed by atoms with Crippen LogP contribution in [0.15, 0.2) is 12.4 Å². The first-order chi connectivity index (χ1) is 8.17. The molecule has 0 radical (unpaired) electrons. The zero-order valence-electron chi connectivity index (χ0n) is 10.6. The van der Waals surface area contributed by atoms with Gasteiger partial charge in [0.1, 0.15) is 0 Å². The molecule has 0 fully saturated rings. The van der Waals surface area contributed by atoms with E-state index in [0.29, 0.717) is 19.6 Å². The maximum Gasteiger partial charge on any atom is 0.224 e. The van der Waals surface area contributed by atoms with Gasteiger partial charge in [0, 0.05) is 19.3 Å². The Hall–Kier alpha value is -1.36. The van der Waals surface area contributed by atoms with E-state index < -0.39 is 0 Å². The molecule has 0 saturated heterocycles. The first-order valence-electron chi connectivity index (χ1n) is 6.14. The van der Waals surface area contributed by atoms with Gasteiger partial charge in [-0.25, -0.2) is 0 Å². The van der Waals surface area contributed by atoms with Crippen LogP contribution in [0.2, 0.25) is 0 Å². The van der Waals surface area contributed by atoms with Crippen molar-refractivity contribution in [2.24, 2.45) is 11.7 Å². The van der Waals surface area contributed by atoms with E-state index in [-0.39, 0.29) is 11.8 Å². The molecule has 0 aromatic carbocycles. The third-order valence-electron chi connectivity index (χ3n) is 2.69. The van der Waals surface area contributed by atoms with Gasteiger partial charge in [-0.3, -0.25) is 9.48 Å². The summed E-state index contributed by atoms with van der Waals surface area (Å²) in [4.78, 5) is 11.7. The summed E-state index contributed by atoms with van der Waals surface area (Å²) in [5.41, 5.74) is 6.69. The molecule has 0 aliphatic heterocycles. The van der Waals surface area contributed by atoms with Gasteiger partial charge in [0.2, 0.25) is 5.91 Å². The van der Waals surface area contributed by atoms with Crippen LogP contribution in [-0.2, 0) is 11.3 Å². The predicted molar refractivity (Wildman–Crippen MR) is 67.4 cm³/mol. The normalized spacial score (nSPS) is 12.4. The Balaban J connectivity index is 2.28. The minimum Gasteiger partial charge on any atom is -0.354 e. The molecule has 1 aromatic heterocycles. The van der Waals surface area contributed by atoms with Crippen molar-refractivity contribution in [3.63, 3.8) is 0 Å². The predicted octanol–water partition coefficient (Wildman–Crippen LogP) is 0.683. The van der Waals surface area contributed by atoms with Crippen LogP contribution in [0.4, 0.5) is 0 Å². The molecule has 1 atom stereocenters. The lowest BCUT2D eigenvalue weighted by Crippen LogP contribution is -2.36. The quantitative estimate of drug-likeness (QED) is 0.733. The molecule has 1 unspecified atom stereocenters. The highest BCUT2D eigenvalue weighted by atomic mass is 16.1. The summed E-state index contributed by atoms with van der Waals surface area (Å²) in [6.07, 6.45) is 5.59. The van der Waals surface area contributed by atoms with Crippen LogP contribution in [0.5, 0.6) is 0 Å². The molecule has 0 spiro atoms. The van der Waals surface area contributed by atoms with E-state index in [9.17, 15) is 4.79 Å². The molecular formula is C12H22N4O. The van der Waals surface area contributed by atoms with Crippen LogP contribution in [0.3, 0.4) is 0 Å². The average molecular weight is 238 g/mol. The van der Waals surface area contributed by atoms with Crippen molar-refractivity contribution in [2.45, 2.75) is 33.2 Å². The van der Waals surface area contributed by atoms with Gasteiger partial charge in [-0.2, -0.15) is 5.10 Å². The summed E-state index contributed by atoms with van der Waals surface area (Å²) < 4.78 is 1.83. The second kappa shape index (κ2) is 7.06. The summed E-state index contributed by atoms with van der Waals surface area (Å²) in [6, 6.07) is 0. The molecule has 1 heterocycles. The van der Waals surface area contributed by atoms with E-state index in [4.69, 9.17) is 5.73 Å². The summed E-state index contributed by atoms with van der Waals surface area (Å²) in [7, 11) is 0. The lowest BCUT2D eigenvalue weighted by Gasteiger charge is -2.13. The van der Waals surface area contributed by atoms with Crippen molar-refractivity contribution in [2.75, 3.05) is 13.1 Å². The Bertz CT molecular complexity index is 348. The molecule has 1 rings (SSSR count). The summed E-state index contributed by atoms with van der Waals surface area (Å²) in [5, 5.41) is 7.05. The molecule has 5 nitrogen and oxygen atoms in total. The summed E-state index contributed by atoms with van der Waals surface area (Å²) >= 11 is 0. The molecular weight excluding hydrogens is 216 g/mol. The third kappa shape index (κ3) is 4.56. The molecule has 17 heavy (non-hydrogen) atoms. The van der Waals surface area contributed by atoms with Gasteiger partial charge in [-0.15, -0.1) is 0 Å². The van der Waals surface area contributed by atoms with Crippen LogP contribution in [0.25, 0.3) is 0 Å². The number of aryl methyl sites for hydroxylation is 1. The van der Waals surface area contributed by atoms with Crippen LogP contribution in [0, 0.1) is 12.8 Å². The van der Waals surface area contributed by atoms with Gasteiger partial charge in [0.05, 0.1) is 18.7 Å². The number of nitrogens with zero attached hydrogens (tertiary/aromatic N) is 2. The van der Waals surface area contributed by atoms with Crippen molar-refractivity contribution in [3.05, 3.63) is 18.0 Å². The Morgan fingerprint density at radius 3 is 2.94 bits per heavy atom. The molecule has 1 amide bonds. The third-order valence-corrected chi connectivity index (χ3v) is 2.69. The van der Waals surface area contributed by atoms with E-state index in [1.54, 1.807) is 0 Å². The average Bonchev–Trinajstić information content (AvgIpc) is 2.71. The summed E-state index contributed by atoms with van der Waals surface area (Å²) in [5.74, 6) is -0.00224. The topological polar surface area (TPSA) is 72.9 Å². The number of carbonyl (C=O) groups is 1. The lowest BCUT2D eigenvalue weighted by molar-refractivity contribution is -0.124. The van der Waals surface area contributed by atoms with E-state index in [1.165, 1.54) is 0 Å². The monoisotopic (exact) mass is 238 g/mol. The van der Waals surface area contributed by atoms with Gasteiger partial charge in [0.25, 0.3) is 0 Å². The number of nitrogens with two attached hydrogens (primary N) is 1. The zero-order valence-corrected chi connectivity index (χ0v) is 10.6. The standard InChI is InChI=1S/C12H22N4O/c1-3-4-11(7-13)12(17)14-5-6-16-9-10(2)8-15-16/h8-9,11H,3-7,13H2,1-2H3,(H,14,17). The molecule has 0 aliphatic carbocycles. The minimum atomic E-state index is -0.0562. The van der Waals surface area contributed by atoms with E-state index in [0.717, 1.165) is 18.4 Å². The second-order valence-electron chi connectivity index (χ2n) is 4.29. The van der Waals surface area contributed by atoms with Crippen LogP contribution in [-0.4, -0.2) is 28.8 Å². The van der Waals surface area contributed by atoms with Gasteiger partial charge in [0.15, 0.2) is 0 Å². The van der Waals surface area contributed by atoms with Gasteiger partial charge in [-0.1, -0.05) is 13.3 Å². The molecule has 3 N–H and O–H groups in total. The Morgan fingerprint density at radius 2 is 2.41 bits per heavy atom. The first kappa shape index (κ1) is 13.7. The number of aromatic nitrogens is 2. The molecule has 0 aliphatic rings. The Morgan fingerprint density at radius 1 is 1.65 bits per heavy atom. The lowest BCUT2D eigenvalue weighted by atomic mass is 10.0. The second-order valence-corrected chi connectivity index (χ2v) is 4.29. The van der Waals surface area contributed by atoms with Crippen LogP contribution < -0.4 is 11.1 Å². The number of amides is 1. The molecule has 1 aromatic rings. The van der Waals surface area contributed by atoms with Crippen LogP contribution >= 0.6 is 0 Å². The highest BCUT2D eigenvalue weighted by molar-refractivity contribution is 5.78. The van der Waals surface area contributed by atoms with Crippen molar-refractivity contribution in [1.82, 2.24) is 15.1 Å². The highest BCUT2D eigenvalue weighted by Crippen LogP contribution is 2.04. The van der Waals surface area contributed by atoms with E-state index in [2.05, 4.69) is 17.3 Å². The van der Waals surface area contributed by atoms with E-state index >= 15 is 0 Å². The number of nitrogens with one attached hydrogen (secondary N) is 1. The zero-order chi connectivity index (χ0) is 12.7. The molecule has 0 bridgehead atoms. The fourth-order valence-corrected chi connectivity index (χ4v) is 1.73. The number of hydrogen-bond donors (Lipinski definition) is 2.